The normalized spacial score (nSPS) is 21.4. The number of carbonyl (C=O) groups excluding carboxylic acids is 2. The van der Waals surface area contributed by atoms with Crippen LogP contribution in [0.3, 0.4) is 0 Å². The van der Waals surface area contributed by atoms with Crippen molar-refractivity contribution in [3.63, 3.8) is 0 Å². The smallest absolute Gasteiger partial charge is 0.223 e. The Hall–Kier alpha value is -2.14. The number of nitrogens with one attached hydrogen (secondary N) is 1. The molecule has 1 aromatic rings. The van der Waals surface area contributed by atoms with E-state index in [-0.39, 0.29) is 23.9 Å². The van der Waals surface area contributed by atoms with Gasteiger partial charge in [-0.05, 0) is 50.2 Å². The fourth-order valence-corrected chi connectivity index (χ4v) is 3.53. The first-order valence-electron chi connectivity index (χ1n) is 8.58. The van der Waals surface area contributed by atoms with Crippen LogP contribution in [0.15, 0.2) is 30.5 Å². The average molecular weight is 327 g/mol. The summed E-state index contributed by atoms with van der Waals surface area (Å²) in [6.45, 7) is 3.57. The average Bonchev–Trinajstić information content (AvgIpc) is 2.57. The predicted molar refractivity (Wildman–Crippen MR) is 94.0 cm³/mol. The van der Waals surface area contributed by atoms with Crippen molar-refractivity contribution in [3.8, 4) is 0 Å². The summed E-state index contributed by atoms with van der Waals surface area (Å²) in [5.41, 5.74) is 2.11. The molecule has 24 heavy (non-hydrogen) atoms. The van der Waals surface area contributed by atoms with Gasteiger partial charge in [0.05, 0.1) is 12.5 Å². The van der Waals surface area contributed by atoms with Gasteiger partial charge in [0, 0.05) is 19.2 Å². The van der Waals surface area contributed by atoms with Crippen molar-refractivity contribution in [1.82, 2.24) is 15.1 Å². The van der Waals surface area contributed by atoms with Crippen LogP contribution < -0.4 is 5.32 Å². The molecule has 0 radical (unpaired) electrons. The van der Waals surface area contributed by atoms with Crippen LogP contribution in [-0.2, 0) is 9.59 Å². The summed E-state index contributed by atoms with van der Waals surface area (Å²) in [5.74, 6) is -0.0243. The van der Waals surface area contributed by atoms with Gasteiger partial charge in [0.1, 0.15) is 0 Å². The van der Waals surface area contributed by atoms with Gasteiger partial charge in [0.25, 0.3) is 0 Å². The van der Waals surface area contributed by atoms with Gasteiger partial charge in [-0.3, -0.25) is 9.59 Å². The lowest BCUT2D eigenvalue weighted by Gasteiger charge is -2.33. The molecule has 5 heteroatoms. The van der Waals surface area contributed by atoms with Crippen LogP contribution in [0.1, 0.15) is 43.4 Å². The Labute approximate surface area is 143 Å². The lowest BCUT2D eigenvalue weighted by atomic mass is 9.93. The molecule has 5 nitrogen and oxygen atoms in total. The molecule has 1 atom stereocenters. The summed E-state index contributed by atoms with van der Waals surface area (Å²) < 4.78 is 0. The largest absolute Gasteiger partial charge is 0.353 e. The van der Waals surface area contributed by atoms with Crippen LogP contribution in [0.4, 0.5) is 0 Å². The highest BCUT2D eigenvalue weighted by Crippen LogP contribution is 2.32. The van der Waals surface area contributed by atoms with E-state index in [0.717, 1.165) is 37.1 Å². The minimum absolute atomic E-state index is 0.0194. The molecule has 0 aliphatic carbocycles. The Bertz CT molecular complexity index is 648. The lowest BCUT2D eigenvalue weighted by Crippen LogP contribution is -2.44. The number of fused-ring (bicyclic) bond motifs is 1. The molecule has 1 saturated heterocycles. The molecule has 0 spiro atoms. The van der Waals surface area contributed by atoms with Crippen molar-refractivity contribution in [2.24, 2.45) is 0 Å². The highest BCUT2D eigenvalue weighted by atomic mass is 16.2. The molecular formula is C19H25N3O2. The topological polar surface area (TPSA) is 52.7 Å². The molecule has 1 N–H and O–H groups in total. The van der Waals surface area contributed by atoms with Gasteiger partial charge in [-0.2, -0.15) is 0 Å². The van der Waals surface area contributed by atoms with Crippen LogP contribution in [0.5, 0.6) is 0 Å². The summed E-state index contributed by atoms with van der Waals surface area (Å²) in [6.07, 6.45) is 5.99. The second-order valence-corrected chi connectivity index (χ2v) is 6.74. The highest BCUT2D eigenvalue weighted by molar-refractivity contribution is 5.82. The first-order chi connectivity index (χ1) is 11.5. The van der Waals surface area contributed by atoms with E-state index >= 15 is 0 Å². The molecule has 2 amide bonds. The maximum absolute atomic E-state index is 12.6. The molecule has 2 aliphatic heterocycles. The van der Waals surface area contributed by atoms with Crippen molar-refractivity contribution in [3.05, 3.63) is 41.6 Å². The Morgan fingerprint density at radius 1 is 1.21 bits per heavy atom. The summed E-state index contributed by atoms with van der Waals surface area (Å²) in [5, 5.41) is 3.15. The third kappa shape index (κ3) is 3.67. The van der Waals surface area contributed by atoms with Crippen molar-refractivity contribution in [1.29, 1.82) is 0 Å². The van der Waals surface area contributed by atoms with E-state index in [9.17, 15) is 9.59 Å². The van der Waals surface area contributed by atoms with Gasteiger partial charge in [-0.15, -0.1) is 0 Å². The van der Waals surface area contributed by atoms with Gasteiger partial charge in [0.2, 0.25) is 11.8 Å². The third-order valence-electron chi connectivity index (χ3n) is 4.93. The molecule has 1 aromatic carbocycles. The Balaban J connectivity index is 1.70. The zero-order valence-electron chi connectivity index (χ0n) is 14.4. The number of hydrogen-bond donors (Lipinski definition) is 1. The maximum Gasteiger partial charge on any atom is 0.223 e. The van der Waals surface area contributed by atoms with E-state index in [1.54, 1.807) is 18.0 Å². The van der Waals surface area contributed by atoms with E-state index in [2.05, 4.69) is 17.3 Å². The Morgan fingerprint density at radius 3 is 2.62 bits per heavy atom. The molecule has 2 aliphatic rings. The van der Waals surface area contributed by atoms with Crippen molar-refractivity contribution >= 4 is 17.9 Å². The zero-order valence-corrected chi connectivity index (χ0v) is 14.4. The van der Waals surface area contributed by atoms with Crippen LogP contribution in [0, 0.1) is 0 Å². The molecule has 0 bridgehead atoms. The lowest BCUT2D eigenvalue weighted by molar-refractivity contribution is -0.130. The fraction of sp³-hybridized carbons (Fsp3) is 0.474. The fourth-order valence-electron chi connectivity index (χ4n) is 3.53. The van der Waals surface area contributed by atoms with Gasteiger partial charge < -0.3 is 15.1 Å². The van der Waals surface area contributed by atoms with Crippen LogP contribution >= 0.6 is 0 Å². The third-order valence-corrected chi connectivity index (χ3v) is 4.93. The van der Waals surface area contributed by atoms with Gasteiger partial charge in [0.15, 0.2) is 0 Å². The molecule has 0 aromatic heterocycles. The van der Waals surface area contributed by atoms with E-state index < -0.39 is 0 Å². The summed E-state index contributed by atoms with van der Waals surface area (Å²) in [6, 6.07) is 7.97. The summed E-state index contributed by atoms with van der Waals surface area (Å²) in [4.78, 5) is 28.5. The predicted octanol–water partition coefficient (Wildman–Crippen LogP) is 2.16. The molecule has 2 heterocycles. The molecule has 0 saturated carbocycles. The number of piperidine rings is 1. The molecule has 1 fully saturated rings. The van der Waals surface area contributed by atoms with Crippen molar-refractivity contribution in [2.45, 2.75) is 38.3 Å². The summed E-state index contributed by atoms with van der Waals surface area (Å²) >= 11 is 0. The number of carbonyl (C=O) groups is 2. The monoisotopic (exact) mass is 327 g/mol. The van der Waals surface area contributed by atoms with Gasteiger partial charge in [-0.25, -0.2) is 0 Å². The minimum atomic E-state index is -0.227. The number of nitrogens with zero attached hydrogens (tertiary/aromatic N) is 2. The zero-order chi connectivity index (χ0) is 17.1. The number of hydrogen-bond acceptors (Lipinski definition) is 3. The second kappa shape index (κ2) is 7.18. The first kappa shape index (κ1) is 16.7. The highest BCUT2D eigenvalue weighted by Gasteiger charge is 2.29. The number of amides is 2. The number of likely N-dealkylation sites (tertiary alicyclic amines) is 1. The van der Waals surface area contributed by atoms with Gasteiger partial charge in [-0.1, -0.05) is 24.3 Å². The maximum atomic E-state index is 12.6. The van der Waals surface area contributed by atoms with E-state index in [4.69, 9.17) is 0 Å². The summed E-state index contributed by atoms with van der Waals surface area (Å²) in [7, 11) is 2.11. The standard InChI is InChI=1S/C19H25N3O2/c1-14(23)22-12-7-15-5-3-4-6-17(15)18(22)13-19(24)20-16-8-10-21(2)11-9-16/h3-7,12,16,18H,8-11,13H2,1-2H3,(H,20,24). The van der Waals surface area contributed by atoms with Crippen LogP contribution in [0.25, 0.3) is 6.08 Å². The first-order valence-corrected chi connectivity index (χ1v) is 8.58. The van der Waals surface area contributed by atoms with Crippen molar-refractivity contribution in [2.75, 3.05) is 20.1 Å². The molecule has 1 unspecified atom stereocenters. The number of rotatable bonds is 3. The van der Waals surface area contributed by atoms with E-state index in [1.165, 1.54) is 0 Å². The molecule has 3 rings (SSSR count). The Morgan fingerprint density at radius 2 is 1.92 bits per heavy atom. The van der Waals surface area contributed by atoms with Gasteiger partial charge >= 0.3 is 0 Å². The van der Waals surface area contributed by atoms with Crippen LogP contribution in [0.2, 0.25) is 0 Å². The number of benzene rings is 1. The molecular weight excluding hydrogens is 302 g/mol. The Kier molecular flexibility index (Phi) is 5.00. The SMILES string of the molecule is CC(=O)N1C=Cc2ccccc2C1CC(=O)NC1CCN(C)CC1. The van der Waals surface area contributed by atoms with Crippen molar-refractivity contribution < 1.29 is 9.59 Å². The quantitative estimate of drug-likeness (QED) is 0.926. The minimum Gasteiger partial charge on any atom is -0.353 e. The van der Waals surface area contributed by atoms with E-state index in [0.29, 0.717) is 6.42 Å². The van der Waals surface area contributed by atoms with Crippen LogP contribution in [-0.4, -0.2) is 47.8 Å². The second-order valence-electron chi connectivity index (χ2n) is 6.74. The van der Waals surface area contributed by atoms with E-state index in [1.807, 2.05) is 30.3 Å². The molecule has 128 valence electrons.